The molecule has 0 bridgehead atoms. The van der Waals surface area contributed by atoms with E-state index < -0.39 is 0 Å². The highest BCUT2D eigenvalue weighted by Gasteiger charge is 2.25. The molecule has 0 unspecified atom stereocenters. The fraction of sp³-hybridized carbons (Fsp3) is 0.370. The van der Waals surface area contributed by atoms with Gasteiger partial charge in [-0.3, -0.25) is 9.59 Å². The summed E-state index contributed by atoms with van der Waals surface area (Å²) in [4.78, 5) is 27.7. The molecular weight excluding hydrogens is 412 g/mol. The van der Waals surface area contributed by atoms with Crippen molar-refractivity contribution in [2.24, 2.45) is 0 Å². The molecule has 0 atom stereocenters. The van der Waals surface area contributed by atoms with Gasteiger partial charge < -0.3 is 10.2 Å². The van der Waals surface area contributed by atoms with Crippen molar-refractivity contribution in [1.82, 2.24) is 14.7 Å². The average Bonchev–Trinajstić information content (AvgIpc) is 3.18. The molecule has 0 aliphatic heterocycles. The molecule has 174 valence electrons. The van der Waals surface area contributed by atoms with Crippen molar-refractivity contribution in [3.63, 3.8) is 0 Å². The molecule has 3 aromatic rings. The number of benzene rings is 2. The Bertz CT molecular complexity index is 1140. The van der Waals surface area contributed by atoms with E-state index >= 15 is 0 Å². The fourth-order valence-corrected chi connectivity index (χ4v) is 3.56. The first kappa shape index (κ1) is 24.2. The number of hydrogen-bond acceptors (Lipinski definition) is 3. The van der Waals surface area contributed by atoms with E-state index in [1.807, 2.05) is 57.2 Å². The van der Waals surface area contributed by atoms with Crippen molar-refractivity contribution >= 4 is 17.6 Å². The van der Waals surface area contributed by atoms with E-state index in [-0.39, 0.29) is 29.8 Å². The lowest BCUT2D eigenvalue weighted by molar-refractivity contribution is -0.117. The van der Waals surface area contributed by atoms with Gasteiger partial charge in [0.15, 0.2) is 0 Å². The number of anilines is 1. The Morgan fingerprint density at radius 1 is 1.03 bits per heavy atom. The van der Waals surface area contributed by atoms with Gasteiger partial charge in [0.05, 0.1) is 11.4 Å². The molecule has 33 heavy (non-hydrogen) atoms. The van der Waals surface area contributed by atoms with Gasteiger partial charge in [0.25, 0.3) is 5.91 Å². The summed E-state index contributed by atoms with van der Waals surface area (Å²) in [7, 11) is 0. The van der Waals surface area contributed by atoms with Gasteiger partial charge in [-0.25, -0.2) is 4.68 Å². The maximum Gasteiger partial charge on any atom is 0.254 e. The minimum atomic E-state index is -0.264. The van der Waals surface area contributed by atoms with Gasteiger partial charge in [-0.2, -0.15) is 5.10 Å². The Morgan fingerprint density at radius 2 is 1.70 bits per heavy atom. The molecule has 0 aliphatic rings. The third-order valence-corrected chi connectivity index (χ3v) is 5.77. The molecule has 0 saturated heterocycles. The minimum Gasteiger partial charge on any atom is -0.327 e. The predicted molar refractivity (Wildman–Crippen MR) is 133 cm³/mol. The quantitative estimate of drug-likeness (QED) is 0.560. The largest absolute Gasteiger partial charge is 0.327 e. The molecule has 0 fully saturated rings. The first-order valence-electron chi connectivity index (χ1n) is 11.3. The Hall–Kier alpha value is -3.41. The van der Waals surface area contributed by atoms with Gasteiger partial charge >= 0.3 is 0 Å². The van der Waals surface area contributed by atoms with Crippen LogP contribution in [0.2, 0.25) is 0 Å². The number of nitrogens with one attached hydrogen (secondary N) is 1. The molecule has 0 spiro atoms. The Balaban J connectivity index is 1.91. The van der Waals surface area contributed by atoms with E-state index in [0.29, 0.717) is 11.4 Å². The Morgan fingerprint density at radius 3 is 2.30 bits per heavy atom. The summed E-state index contributed by atoms with van der Waals surface area (Å²) in [6, 6.07) is 16.9. The van der Waals surface area contributed by atoms with Crippen LogP contribution in [-0.4, -0.2) is 39.1 Å². The SMILES string of the molecule is Cc1cccc(-n2nc(C(C)(C)C)cc2NC(=O)CN(C(=O)c2ccccc2)C(C)C)c1C. The number of amides is 2. The average molecular weight is 447 g/mol. The number of hydrogen-bond donors (Lipinski definition) is 1. The lowest BCUT2D eigenvalue weighted by atomic mass is 9.92. The minimum absolute atomic E-state index is 0.0474. The van der Waals surface area contributed by atoms with Gasteiger partial charge in [0, 0.05) is 23.1 Å². The van der Waals surface area contributed by atoms with Crippen molar-refractivity contribution in [2.45, 2.75) is 59.9 Å². The highest BCUT2D eigenvalue weighted by molar-refractivity contribution is 5.99. The second-order valence-corrected chi connectivity index (χ2v) is 9.74. The zero-order valence-corrected chi connectivity index (χ0v) is 20.6. The molecule has 2 amide bonds. The number of carbonyl (C=O) groups is 2. The van der Waals surface area contributed by atoms with E-state index in [4.69, 9.17) is 5.10 Å². The first-order chi connectivity index (χ1) is 15.5. The third kappa shape index (κ3) is 5.51. The van der Waals surface area contributed by atoms with E-state index in [0.717, 1.165) is 22.5 Å². The summed E-state index contributed by atoms with van der Waals surface area (Å²) in [5.41, 5.74) is 4.42. The van der Waals surface area contributed by atoms with E-state index in [1.54, 1.807) is 21.7 Å². The number of rotatable bonds is 6. The highest BCUT2D eigenvalue weighted by atomic mass is 16.2. The Kier molecular flexibility index (Phi) is 7.06. The molecule has 2 aromatic carbocycles. The molecule has 0 radical (unpaired) electrons. The molecule has 0 aliphatic carbocycles. The monoisotopic (exact) mass is 446 g/mol. The number of nitrogens with zero attached hydrogens (tertiary/aromatic N) is 3. The topological polar surface area (TPSA) is 67.2 Å². The van der Waals surface area contributed by atoms with Crippen LogP contribution in [0, 0.1) is 13.8 Å². The first-order valence-corrected chi connectivity index (χ1v) is 11.3. The molecule has 6 heteroatoms. The van der Waals surface area contributed by atoms with Crippen LogP contribution in [0.5, 0.6) is 0 Å². The maximum absolute atomic E-state index is 13.1. The second-order valence-electron chi connectivity index (χ2n) is 9.74. The van der Waals surface area contributed by atoms with Gasteiger partial charge in [0.1, 0.15) is 12.4 Å². The number of carbonyl (C=O) groups excluding carboxylic acids is 2. The predicted octanol–water partition coefficient (Wildman–Crippen LogP) is 5.28. The van der Waals surface area contributed by atoms with Crippen LogP contribution in [0.15, 0.2) is 54.6 Å². The maximum atomic E-state index is 13.1. The molecule has 6 nitrogen and oxygen atoms in total. The summed E-state index contributed by atoms with van der Waals surface area (Å²) in [5.74, 6) is 0.161. The van der Waals surface area contributed by atoms with Crippen LogP contribution in [0.3, 0.4) is 0 Å². The summed E-state index contributed by atoms with van der Waals surface area (Å²) in [6.07, 6.45) is 0. The van der Waals surface area contributed by atoms with Crippen molar-refractivity contribution in [1.29, 1.82) is 0 Å². The number of aromatic nitrogens is 2. The third-order valence-electron chi connectivity index (χ3n) is 5.77. The van der Waals surface area contributed by atoms with Crippen LogP contribution in [-0.2, 0) is 10.2 Å². The normalized spacial score (nSPS) is 11.5. The van der Waals surface area contributed by atoms with Gasteiger partial charge in [-0.05, 0) is 57.0 Å². The highest BCUT2D eigenvalue weighted by Crippen LogP contribution is 2.28. The lowest BCUT2D eigenvalue weighted by Crippen LogP contribution is -2.42. The van der Waals surface area contributed by atoms with Crippen LogP contribution >= 0.6 is 0 Å². The van der Waals surface area contributed by atoms with Crippen molar-refractivity contribution in [3.8, 4) is 5.69 Å². The van der Waals surface area contributed by atoms with Crippen LogP contribution in [0.25, 0.3) is 5.69 Å². The van der Waals surface area contributed by atoms with Crippen molar-refractivity contribution < 1.29 is 9.59 Å². The summed E-state index contributed by atoms with van der Waals surface area (Å²) < 4.78 is 1.79. The van der Waals surface area contributed by atoms with Gasteiger partial charge in [-0.15, -0.1) is 0 Å². The molecule has 3 rings (SSSR count). The van der Waals surface area contributed by atoms with Crippen LogP contribution in [0.1, 0.15) is 61.8 Å². The van der Waals surface area contributed by atoms with Crippen molar-refractivity contribution in [2.75, 3.05) is 11.9 Å². The fourth-order valence-electron chi connectivity index (χ4n) is 3.56. The van der Waals surface area contributed by atoms with Gasteiger partial charge in [0.2, 0.25) is 5.91 Å². The van der Waals surface area contributed by atoms with Gasteiger partial charge in [-0.1, -0.05) is 51.1 Å². The lowest BCUT2D eigenvalue weighted by Gasteiger charge is -2.26. The zero-order valence-electron chi connectivity index (χ0n) is 20.6. The number of aryl methyl sites for hydroxylation is 1. The molecule has 1 aromatic heterocycles. The van der Waals surface area contributed by atoms with E-state index in [1.165, 1.54) is 0 Å². The van der Waals surface area contributed by atoms with Crippen LogP contribution < -0.4 is 5.32 Å². The zero-order chi connectivity index (χ0) is 24.3. The summed E-state index contributed by atoms with van der Waals surface area (Å²) in [6.45, 7) is 14.1. The standard InChI is InChI=1S/C27H34N4O2/c1-18(2)30(26(33)21-13-9-8-10-14-21)17-25(32)28-24-16-23(27(5,6)7)29-31(24)22-15-11-12-19(3)20(22)4/h8-16,18H,17H2,1-7H3,(H,28,32). The summed E-state index contributed by atoms with van der Waals surface area (Å²) in [5, 5.41) is 7.83. The smallest absolute Gasteiger partial charge is 0.254 e. The summed E-state index contributed by atoms with van der Waals surface area (Å²) >= 11 is 0. The molecule has 1 heterocycles. The molecular formula is C27H34N4O2. The molecule has 1 N–H and O–H groups in total. The molecule has 0 saturated carbocycles. The van der Waals surface area contributed by atoms with E-state index in [9.17, 15) is 9.59 Å². The Labute approximate surface area is 196 Å². The van der Waals surface area contributed by atoms with E-state index in [2.05, 4.69) is 39.1 Å². The van der Waals surface area contributed by atoms with Crippen molar-refractivity contribution in [3.05, 3.63) is 77.0 Å². The second kappa shape index (κ2) is 9.61. The van der Waals surface area contributed by atoms with Crippen LogP contribution in [0.4, 0.5) is 5.82 Å².